The van der Waals surface area contributed by atoms with Crippen LogP contribution in [0.15, 0.2) is 97.1 Å². The molecule has 0 aliphatic rings. The molecule has 8 rings (SSSR count). The van der Waals surface area contributed by atoms with Gasteiger partial charge in [0, 0.05) is 0 Å². The molecule has 0 amide bonds. The van der Waals surface area contributed by atoms with E-state index in [1.54, 1.807) is 0 Å². The van der Waals surface area contributed by atoms with Crippen molar-refractivity contribution in [2.75, 3.05) is 0 Å². The van der Waals surface area contributed by atoms with E-state index in [9.17, 15) is 0 Å². The van der Waals surface area contributed by atoms with Gasteiger partial charge < -0.3 is 0 Å². The first-order chi connectivity index (χ1) is 14.9. The first kappa shape index (κ1) is 15.0. The molecule has 0 unspecified atom stereocenters. The quantitative estimate of drug-likeness (QED) is 0.183. The van der Waals surface area contributed by atoms with Gasteiger partial charge in [-0.05, 0) is 99.7 Å². The van der Waals surface area contributed by atoms with Crippen molar-refractivity contribution in [1.29, 1.82) is 0 Å². The molecule has 0 radical (unpaired) electrons. The van der Waals surface area contributed by atoms with E-state index in [2.05, 4.69) is 97.1 Å². The summed E-state index contributed by atoms with van der Waals surface area (Å²) >= 11 is 0. The van der Waals surface area contributed by atoms with Gasteiger partial charge in [-0.2, -0.15) is 0 Å². The minimum absolute atomic E-state index is 1.30. The lowest BCUT2D eigenvalue weighted by Gasteiger charge is -2.19. The molecule has 8 aromatic carbocycles. The summed E-state index contributed by atoms with van der Waals surface area (Å²) in [4.78, 5) is 0. The first-order valence-electron chi connectivity index (χ1n) is 10.5. The normalized spacial score (nSPS) is 12.7. The number of hydrogen-bond acceptors (Lipinski definition) is 0. The fraction of sp³-hybridized carbons (Fsp3) is 0. The molecule has 0 N–H and O–H groups in total. The minimum Gasteiger partial charge on any atom is -0.0616 e. The van der Waals surface area contributed by atoms with E-state index >= 15 is 0 Å². The molecule has 0 fully saturated rings. The maximum Gasteiger partial charge on any atom is -0.000763 e. The molecule has 0 bridgehead atoms. The third-order valence-corrected chi connectivity index (χ3v) is 7.05. The van der Waals surface area contributed by atoms with Crippen LogP contribution in [0.1, 0.15) is 0 Å². The average Bonchev–Trinajstić information content (AvgIpc) is 2.80. The van der Waals surface area contributed by atoms with Gasteiger partial charge in [0.15, 0.2) is 0 Å². The predicted molar refractivity (Wildman–Crippen MR) is 131 cm³/mol. The Kier molecular flexibility index (Phi) is 2.49. The molecule has 0 heterocycles. The van der Waals surface area contributed by atoms with Gasteiger partial charge in [0.2, 0.25) is 0 Å². The highest BCUT2D eigenvalue weighted by Gasteiger charge is 2.18. The SMILES string of the molecule is c1ccc2cc3c(cc2c1)c1cccc2cc4ccc5cccc6cc3c(c21)c4c56. The summed E-state index contributed by atoms with van der Waals surface area (Å²) in [5.41, 5.74) is 0. The summed E-state index contributed by atoms with van der Waals surface area (Å²) < 4.78 is 0. The Labute approximate surface area is 172 Å². The molecular weight excluding hydrogens is 360 g/mol. The van der Waals surface area contributed by atoms with E-state index in [1.165, 1.54) is 75.4 Å². The first-order valence-corrected chi connectivity index (χ1v) is 10.5. The monoisotopic (exact) mass is 376 g/mol. The van der Waals surface area contributed by atoms with Crippen molar-refractivity contribution in [2.45, 2.75) is 0 Å². The number of benzene rings is 8. The largest absolute Gasteiger partial charge is 0.0616 e. The van der Waals surface area contributed by atoms with Crippen LogP contribution >= 0.6 is 0 Å². The van der Waals surface area contributed by atoms with Crippen molar-refractivity contribution < 1.29 is 0 Å². The zero-order chi connectivity index (χ0) is 19.4. The van der Waals surface area contributed by atoms with Crippen molar-refractivity contribution in [1.82, 2.24) is 0 Å². The third kappa shape index (κ3) is 1.66. The minimum atomic E-state index is 1.30. The zero-order valence-corrected chi connectivity index (χ0v) is 16.2. The lowest BCUT2D eigenvalue weighted by atomic mass is 9.84. The average molecular weight is 376 g/mol. The molecule has 0 aliphatic heterocycles. The molecule has 0 atom stereocenters. The van der Waals surface area contributed by atoms with Gasteiger partial charge in [0.25, 0.3) is 0 Å². The van der Waals surface area contributed by atoms with Gasteiger partial charge >= 0.3 is 0 Å². The van der Waals surface area contributed by atoms with Crippen LogP contribution in [0, 0.1) is 0 Å². The summed E-state index contributed by atoms with van der Waals surface area (Å²) in [5, 5.41) is 19.0. The number of rotatable bonds is 0. The smallest absolute Gasteiger partial charge is 0.000763 e. The Hall–Kier alpha value is -3.90. The maximum absolute atomic E-state index is 2.42. The highest BCUT2D eigenvalue weighted by Crippen LogP contribution is 2.47. The molecule has 0 spiro atoms. The predicted octanol–water partition coefficient (Wildman–Crippen LogP) is 8.63. The van der Waals surface area contributed by atoms with Crippen molar-refractivity contribution in [3.8, 4) is 0 Å². The summed E-state index contributed by atoms with van der Waals surface area (Å²) in [6.07, 6.45) is 0. The van der Waals surface area contributed by atoms with Crippen molar-refractivity contribution in [3.63, 3.8) is 0 Å². The van der Waals surface area contributed by atoms with E-state index < -0.39 is 0 Å². The Morgan fingerprint density at radius 2 is 0.833 bits per heavy atom. The van der Waals surface area contributed by atoms with Crippen molar-refractivity contribution in [2.24, 2.45) is 0 Å². The Balaban J connectivity index is 1.83. The van der Waals surface area contributed by atoms with Gasteiger partial charge in [0.1, 0.15) is 0 Å². The van der Waals surface area contributed by atoms with E-state index in [-0.39, 0.29) is 0 Å². The van der Waals surface area contributed by atoms with E-state index in [0.717, 1.165) is 0 Å². The standard InChI is InChI=1S/C30H16/c1-2-6-19-15-25-24(14-18(19)5-1)23-10-4-9-20-13-22-12-11-17-7-3-8-21-16-26(25)30(28(20)23)29(22)27(17)21/h1-16H. The third-order valence-electron chi connectivity index (χ3n) is 7.05. The Bertz CT molecular complexity index is 1940. The molecule has 0 saturated heterocycles. The number of fused-ring (bicyclic) bond motifs is 4. The summed E-state index contributed by atoms with van der Waals surface area (Å²) in [6.45, 7) is 0. The summed E-state index contributed by atoms with van der Waals surface area (Å²) in [5.74, 6) is 0. The van der Waals surface area contributed by atoms with Crippen LogP contribution < -0.4 is 0 Å². The molecular formula is C30H16. The second kappa shape index (κ2) is 4.98. The molecule has 0 saturated carbocycles. The number of hydrogen-bond donors (Lipinski definition) is 0. The van der Waals surface area contributed by atoms with Crippen LogP contribution in [-0.4, -0.2) is 0 Å². The van der Waals surface area contributed by atoms with E-state index in [0.29, 0.717) is 0 Å². The summed E-state index contributed by atoms with van der Waals surface area (Å²) in [7, 11) is 0. The van der Waals surface area contributed by atoms with Crippen LogP contribution in [0.5, 0.6) is 0 Å². The molecule has 0 nitrogen and oxygen atoms in total. The molecule has 136 valence electrons. The van der Waals surface area contributed by atoms with Crippen LogP contribution in [0.4, 0.5) is 0 Å². The van der Waals surface area contributed by atoms with Gasteiger partial charge in [-0.25, -0.2) is 0 Å². The Morgan fingerprint density at radius 1 is 0.267 bits per heavy atom. The van der Waals surface area contributed by atoms with Crippen LogP contribution in [0.3, 0.4) is 0 Å². The van der Waals surface area contributed by atoms with Crippen LogP contribution in [0.25, 0.3) is 75.4 Å². The maximum atomic E-state index is 2.42. The van der Waals surface area contributed by atoms with Crippen molar-refractivity contribution >= 4 is 75.4 Å². The van der Waals surface area contributed by atoms with Crippen molar-refractivity contribution in [3.05, 3.63) is 97.1 Å². The molecule has 0 aromatic heterocycles. The second-order valence-corrected chi connectivity index (χ2v) is 8.57. The van der Waals surface area contributed by atoms with Gasteiger partial charge in [-0.15, -0.1) is 0 Å². The van der Waals surface area contributed by atoms with Crippen LogP contribution in [0.2, 0.25) is 0 Å². The highest BCUT2D eigenvalue weighted by atomic mass is 14.2. The Morgan fingerprint density at radius 3 is 1.67 bits per heavy atom. The van der Waals surface area contributed by atoms with E-state index in [4.69, 9.17) is 0 Å². The lowest BCUT2D eigenvalue weighted by Crippen LogP contribution is -1.91. The topological polar surface area (TPSA) is 0 Å². The molecule has 0 heteroatoms. The highest BCUT2D eigenvalue weighted by molar-refractivity contribution is 6.42. The summed E-state index contributed by atoms with van der Waals surface area (Å²) in [6, 6.07) is 36.3. The molecule has 8 aromatic rings. The second-order valence-electron chi connectivity index (χ2n) is 8.57. The molecule has 30 heavy (non-hydrogen) atoms. The van der Waals surface area contributed by atoms with Gasteiger partial charge in [-0.1, -0.05) is 72.8 Å². The fourth-order valence-electron chi connectivity index (χ4n) is 5.82. The molecule has 0 aliphatic carbocycles. The van der Waals surface area contributed by atoms with Gasteiger partial charge in [-0.3, -0.25) is 0 Å². The van der Waals surface area contributed by atoms with E-state index in [1.807, 2.05) is 0 Å². The fourth-order valence-corrected chi connectivity index (χ4v) is 5.82. The zero-order valence-electron chi connectivity index (χ0n) is 16.2. The van der Waals surface area contributed by atoms with Crippen LogP contribution in [-0.2, 0) is 0 Å². The lowest BCUT2D eigenvalue weighted by molar-refractivity contribution is 1.79. The van der Waals surface area contributed by atoms with Gasteiger partial charge in [0.05, 0.1) is 0 Å².